The van der Waals surface area contributed by atoms with Gasteiger partial charge < -0.3 is 4.74 Å². The Labute approximate surface area is 153 Å². The molecule has 142 valence electrons. The molecule has 2 heterocycles. The summed E-state index contributed by atoms with van der Waals surface area (Å²) >= 11 is 0. The molecule has 6 nitrogen and oxygen atoms in total. The Morgan fingerprint density at radius 3 is 2.42 bits per heavy atom. The van der Waals surface area contributed by atoms with Crippen LogP contribution in [0.5, 0.6) is 5.75 Å². The summed E-state index contributed by atoms with van der Waals surface area (Å²) < 4.78 is 47.7. The number of benzene rings is 1. The molecule has 0 atom stereocenters. The largest absolute Gasteiger partial charge is 0.492 e. The van der Waals surface area contributed by atoms with Crippen LogP contribution in [0.4, 0.5) is 4.39 Å². The van der Waals surface area contributed by atoms with E-state index in [4.69, 9.17) is 4.74 Å². The second kappa shape index (κ2) is 7.75. The first-order chi connectivity index (χ1) is 12.4. The highest BCUT2D eigenvalue weighted by molar-refractivity contribution is 7.89. The number of nitrogens with zero attached hydrogens (tertiary/aromatic N) is 3. The molecule has 0 bridgehead atoms. The summed E-state index contributed by atoms with van der Waals surface area (Å²) in [6.45, 7) is 5.37. The summed E-state index contributed by atoms with van der Waals surface area (Å²) in [6, 6.07) is 5.79. The van der Waals surface area contributed by atoms with Gasteiger partial charge in [0.2, 0.25) is 10.0 Å². The van der Waals surface area contributed by atoms with Crippen LogP contribution < -0.4 is 4.74 Å². The van der Waals surface area contributed by atoms with Crippen molar-refractivity contribution in [1.29, 1.82) is 0 Å². The molecule has 1 aliphatic heterocycles. The standard InChI is InChI=1S/C18H24FN3O3S/c1-14-18(26(23,24)21-10-4-3-5-11-21)15(2)22(20-14)12-13-25-17-8-6-16(19)7-9-17/h6-9H,3-5,10-13H2,1-2H3. The van der Waals surface area contributed by atoms with Gasteiger partial charge in [0.15, 0.2) is 0 Å². The third-order valence-corrected chi connectivity index (χ3v) is 6.77. The zero-order valence-electron chi connectivity index (χ0n) is 15.1. The van der Waals surface area contributed by atoms with E-state index in [-0.39, 0.29) is 5.82 Å². The number of hydrogen-bond donors (Lipinski definition) is 0. The Hall–Kier alpha value is -1.93. The number of sulfonamides is 1. The van der Waals surface area contributed by atoms with E-state index in [0.717, 1.165) is 19.3 Å². The molecule has 1 saturated heterocycles. The summed E-state index contributed by atoms with van der Waals surface area (Å²) in [4.78, 5) is 0.307. The van der Waals surface area contributed by atoms with Crippen LogP contribution >= 0.6 is 0 Å². The maximum atomic E-state index is 13.0. The number of rotatable bonds is 6. The maximum absolute atomic E-state index is 13.0. The van der Waals surface area contributed by atoms with E-state index in [1.165, 1.54) is 12.1 Å². The second-order valence-corrected chi connectivity index (χ2v) is 8.36. The predicted octanol–water partition coefficient (Wildman–Crippen LogP) is 2.89. The van der Waals surface area contributed by atoms with Gasteiger partial charge in [0.05, 0.1) is 17.9 Å². The Morgan fingerprint density at radius 1 is 1.12 bits per heavy atom. The average molecular weight is 381 g/mol. The first-order valence-electron chi connectivity index (χ1n) is 8.82. The third-order valence-electron chi connectivity index (χ3n) is 4.61. The van der Waals surface area contributed by atoms with Gasteiger partial charge >= 0.3 is 0 Å². The van der Waals surface area contributed by atoms with Crippen LogP contribution in [0.15, 0.2) is 29.2 Å². The van der Waals surface area contributed by atoms with E-state index in [2.05, 4.69) is 5.10 Å². The number of halogens is 1. The van der Waals surface area contributed by atoms with Gasteiger partial charge in [-0.2, -0.15) is 9.40 Å². The lowest BCUT2D eigenvalue weighted by Gasteiger charge is -2.26. The fraction of sp³-hybridized carbons (Fsp3) is 0.500. The molecule has 1 aromatic heterocycles. The molecule has 2 aromatic rings. The van der Waals surface area contributed by atoms with Crippen molar-refractivity contribution in [3.05, 3.63) is 41.5 Å². The SMILES string of the molecule is Cc1nn(CCOc2ccc(F)cc2)c(C)c1S(=O)(=O)N1CCCCC1. The van der Waals surface area contributed by atoms with Crippen LogP contribution in [0.1, 0.15) is 30.7 Å². The summed E-state index contributed by atoms with van der Waals surface area (Å²) in [6.07, 6.45) is 2.87. The number of hydrogen-bond acceptors (Lipinski definition) is 4. The fourth-order valence-electron chi connectivity index (χ4n) is 3.29. The highest BCUT2D eigenvalue weighted by Gasteiger charge is 2.31. The normalized spacial score (nSPS) is 16.0. The van der Waals surface area contributed by atoms with E-state index < -0.39 is 10.0 Å². The van der Waals surface area contributed by atoms with Gasteiger partial charge in [0, 0.05) is 13.1 Å². The number of aromatic nitrogens is 2. The average Bonchev–Trinajstić information content (AvgIpc) is 2.92. The highest BCUT2D eigenvalue weighted by atomic mass is 32.2. The van der Waals surface area contributed by atoms with E-state index in [0.29, 0.717) is 48.3 Å². The molecular formula is C18H24FN3O3S. The van der Waals surface area contributed by atoms with Crippen molar-refractivity contribution in [1.82, 2.24) is 14.1 Å². The minimum absolute atomic E-state index is 0.307. The molecule has 0 N–H and O–H groups in total. The number of ether oxygens (including phenoxy) is 1. The van der Waals surface area contributed by atoms with Crippen LogP contribution in [0.3, 0.4) is 0 Å². The molecule has 0 aliphatic carbocycles. The van der Waals surface area contributed by atoms with Crippen LogP contribution in [-0.4, -0.2) is 42.2 Å². The number of aryl methyl sites for hydroxylation is 1. The maximum Gasteiger partial charge on any atom is 0.246 e. The third kappa shape index (κ3) is 3.91. The molecule has 0 amide bonds. The molecule has 1 aromatic carbocycles. The van der Waals surface area contributed by atoms with Gasteiger partial charge in [-0.3, -0.25) is 4.68 Å². The van der Waals surface area contributed by atoms with Gasteiger partial charge in [-0.05, 0) is 51.0 Å². The van der Waals surface area contributed by atoms with Gasteiger partial charge in [0.25, 0.3) is 0 Å². The molecule has 0 spiro atoms. The summed E-state index contributed by atoms with van der Waals surface area (Å²) in [5.74, 6) is 0.248. The fourth-order valence-corrected chi connectivity index (χ4v) is 5.18. The van der Waals surface area contributed by atoms with Crippen LogP contribution in [0, 0.1) is 19.7 Å². The lowest BCUT2D eigenvalue weighted by Crippen LogP contribution is -2.36. The molecule has 0 unspecified atom stereocenters. The van der Waals surface area contributed by atoms with Crippen LogP contribution in [0.2, 0.25) is 0 Å². The summed E-state index contributed by atoms with van der Waals surface area (Å²) in [5, 5.41) is 4.39. The molecule has 3 rings (SSSR count). The lowest BCUT2D eigenvalue weighted by molar-refractivity contribution is 0.289. The van der Waals surface area contributed by atoms with Gasteiger partial charge in [-0.15, -0.1) is 0 Å². The predicted molar refractivity (Wildman–Crippen MR) is 96.2 cm³/mol. The van der Waals surface area contributed by atoms with Crippen molar-refractivity contribution in [2.45, 2.75) is 44.6 Å². The topological polar surface area (TPSA) is 64.4 Å². The van der Waals surface area contributed by atoms with E-state index in [9.17, 15) is 12.8 Å². The minimum Gasteiger partial charge on any atom is -0.492 e. The highest BCUT2D eigenvalue weighted by Crippen LogP contribution is 2.26. The lowest BCUT2D eigenvalue weighted by atomic mass is 10.2. The van der Waals surface area contributed by atoms with Gasteiger partial charge in [-0.25, -0.2) is 12.8 Å². The smallest absolute Gasteiger partial charge is 0.246 e. The molecule has 26 heavy (non-hydrogen) atoms. The molecule has 0 saturated carbocycles. The van der Waals surface area contributed by atoms with E-state index >= 15 is 0 Å². The van der Waals surface area contributed by atoms with Crippen LogP contribution in [0.25, 0.3) is 0 Å². The van der Waals surface area contributed by atoms with E-state index in [1.54, 1.807) is 35.0 Å². The van der Waals surface area contributed by atoms with Crippen molar-refractivity contribution in [3.63, 3.8) is 0 Å². The van der Waals surface area contributed by atoms with Crippen molar-refractivity contribution < 1.29 is 17.5 Å². The molecular weight excluding hydrogens is 357 g/mol. The molecule has 1 aliphatic rings. The Bertz CT molecular complexity index is 857. The summed E-state index contributed by atoms with van der Waals surface area (Å²) in [5.41, 5.74) is 1.13. The van der Waals surface area contributed by atoms with Crippen molar-refractivity contribution >= 4 is 10.0 Å². The minimum atomic E-state index is -3.52. The number of piperidine rings is 1. The van der Waals surface area contributed by atoms with Gasteiger partial charge in [0.1, 0.15) is 23.1 Å². The van der Waals surface area contributed by atoms with Crippen molar-refractivity contribution in [3.8, 4) is 5.75 Å². The monoisotopic (exact) mass is 381 g/mol. The van der Waals surface area contributed by atoms with E-state index in [1.807, 2.05) is 0 Å². The van der Waals surface area contributed by atoms with Crippen LogP contribution in [-0.2, 0) is 16.6 Å². The molecule has 1 fully saturated rings. The zero-order valence-corrected chi connectivity index (χ0v) is 15.9. The molecule has 8 heteroatoms. The zero-order chi connectivity index (χ0) is 18.7. The Kier molecular flexibility index (Phi) is 5.62. The Balaban J connectivity index is 1.72. The molecule has 0 radical (unpaired) electrons. The Morgan fingerprint density at radius 2 is 1.77 bits per heavy atom. The second-order valence-electron chi connectivity index (χ2n) is 6.49. The summed E-state index contributed by atoms with van der Waals surface area (Å²) in [7, 11) is -3.52. The quantitative estimate of drug-likeness (QED) is 0.772. The van der Waals surface area contributed by atoms with Crippen molar-refractivity contribution in [2.75, 3.05) is 19.7 Å². The van der Waals surface area contributed by atoms with Gasteiger partial charge in [-0.1, -0.05) is 6.42 Å². The van der Waals surface area contributed by atoms with Crippen molar-refractivity contribution in [2.24, 2.45) is 0 Å². The first-order valence-corrected chi connectivity index (χ1v) is 10.3. The first kappa shape index (κ1) is 18.8.